The van der Waals surface area contributed by atoms with Crippen LogP contribution in [0.3, 0.4) is 0 Å². The maximum absolute atomic E-state index is 13.0. The molecule has 16 heavy (non-hydrogen) atoms. The number of carboxylic acid groups (broad SMARTS) is 1. The molecule has 0 unspecified atom stereocenters. The molecule has 1 aliphatic heterocycles. The lowest BCUT2D eigenvalue weighted by molar-refractivity contribution is -0.181. The van der Waals surface area contributed by atoms with Gasteiger partial charge in [0, 0.05) is 0 Å². The van der Waals surface area contributed by atoms with Crippen LogP contribution in [0.4, 0.5) is 4.39 Å². The monoisotopic (exact) mass is 226 g/mol. The van der Waals surface area contributed by atoms with Crippen LogP contribution >= 0.6 is 0 Å². The summed E-state index contributed by atoms with van der Waals surface area (Å²) < 4.78 is 23.4. The van der Waals surface area contributed by atoms with Crippen LogP contribution in [-0.4, -0.2) is 30.4 Å². The first-order chi connectivity index (χ1) is 7.68. The highest BCUT2D eigenvalue weighted by Crippen LogP contribution is 2.27. The minimum absolute atomic E-state index is 0.239. The van der Waals surface area contributed by atoms with Crippen LogP contribution in [0.2, 0.25) is 0 Å². The van der Waals surface area contributed by atoms with E-state index in [1.54, 1.807) is 6.07 Å². The van der Waals surface area contributed by atoms with E-state index >= 15 is 0 Å². The predicted octanol–water partition coefficient (Wildman–Crippen LogP) is 1.37. The van der Waals surface area contributed by atoms with Crippen molar-refractivity contribution in [3.05, 3.63) is 35.6 Å². The summed E-state index contributed by atoms with van der Waals surface area (Å²) in [4.78, 5) is 10.9. The van der Waals surface area contributed by atoms with Crippen molar-refractivity contribution in [2.75, 3.05) is 13.2 Å². The van der Waals surface area contributed by atoms with Crippen LogP contribution in [-0.2, 0) is 14.3 Å². The van der Waals surface area contributed by atoms with Crippen molar-refractivity contribution in [2.24, 2.45) is 0 Å². The molecule has 1 aromatic rings. The third kappa shape index (κ3) is 2.20. The molecule has 5 heteroatoms. The Morgan fingerprint density at radius 2 is 2.12 bits per heavy atom. The molecule has 1 N–H and O–H groups in total. The summed E-state index contributed by atoms with van der Waals surface area (Å²) in [6.45, 7) is 0.549. The maximum atomic E-state index is 13.0. The van der Waals surface area contributed by atoms with Gasteiger partial charge in [0.2, 0.25) is 0 Å². The van der Waals surface area contributed by atoms with E-state index in [0.29, 0.717) is 12.2 Å². The summed E-state index contributed by atoms with van der Waals surface area (Å²) in [5.74, 6) is -1.52. The van der Waals surface area contributed by atoms with Crippen LogP contribution in [0.5, 0.6) is 0 Å². The highest BCUT2D eigenvalue weighted by Gasteiger charge is 2.34. The van der Waals surface area contributed by atoms with E-state index in [4.69, 9.17) is 14.6 Å². The zero-order valence-corrected chi connectivity index (χ0v) is 8.43. The zero-order chi connectivity index (χ0) is 11.5. The topological polar surface area (TPSA) is 55.8 Å². The first-order valence-electron chi connectivity index (χ1n) is 4.90. The van der Waals surface area contributed by atoms with Gasteiger partial charge in [-0.2, -0.15) is 0 Å². The number of carboxylic acids is 1. The van der Waals surface area contributed by atoms with Crippen LogP contribution in [0, 0.1) is 5.82 Å². The molecule has 0 saturated carbocycles. The first kappa shape index (κ1) is 11.0. The molecule has 1 fully saturated rings. The summed E-state index contributed by atoms with van der Waals surface area (Å²) in [7, 11) is 0. The van der Waals surface area contributed by atoms with Crippen molar-refractivity contribution in [3.8, 4) is 0 Å². The lowest BCUT2D eigenvalue weighted by Crippen LogP contribution is -2.38. The third-order valence-corrected chi connectivity index (χ3v) is 2.37. The van der Waals surface area contributed by atoms with Crippen molar-refractivity contribution < 1.29 is 23.8 Å². The highest BCUT2D eigenvalue weighted by molar-refractivity contribution is 5.73. The smallest absolute Gasteiger partial charge is 0.335 e. The van der Waals surface area contributed by atoms with Gasteiger partial charge in [0.05, 0.1) is 13.2 Å². The molecule has 1 aliphatic rings. The first-order valence-corrected chi connectivity index (χ1v) is 4.90. The molecule has 86 valence electrons. The maximum Gasteiger partial charge on any atom is 0.335 e. The molecular formula is C11H11FO4. The molecule has 1 heterocycles. The van der Waals surface area contributed by atoms with Gasteiger partial charge in [0.15, 0.2) is 6.10 Å². The molecule has 2 rings (SSSR count). The lowest BCUT2D eigenvalue weighted by atomic mass is 10.0. The van der Waals surface area contributed by atoms with Gasteiger partial charge >= 0.3 is 5.97 Å². The summed E-state index contributed by atoms with van der Waals surface area (Å²) in [6, 6.07) is 5.69. The van der Waals surface area contributed by atoms with Crippen LogP contribution in [0.1, 0.15) is 11.7 Å². The molecule has 1 saturated heterocycles. The molecule has 0 amide bonds. The molecular weight excluding hydrogens is 215 g/mol. The second kappa shape index (κ2) is 4.59. The number of halogens is 1. The number of hydrogen-bond donors (Lipinski definition) is 1. The van der Waals surface area contributed by atoms with Crippen LogP contribution in [0.25, 0.3) is 0 Å². The normalized spacial score (nSPS) is 25.3. The van der Waals surface area contributed by atoms with E-state index in [0.717, 1.165) is 0 Å². The number of rotatable bonds is 2. The van der Waals surface area contributed by atoms with Gasteiger partial charge in [-0.1, -0.05) is 12.1 Å². The van der Waals surface area contributed by atoms with E-state index in [2.05, 4.69) is 0 Å². The van der Waals surface area contributed by atoms with E-state index < -0.39 is 24.0 Å². The Bertz CT molecular complexity index is 393. The largest absolute Gasteiger partial charge is 0.479 e. The molecule has 4 nitrogen and oxygen atoms in total. The number of aliphatic carboxylic acids is 1. The standard InChI is InChI=1S/C11H11FO4/c12-8-3-1-2-7(6-8)9-10(11(13)14)16-5-4-15-9/h1-3,6,9-10H,4-5H2,(H,13,14)/t9-,10+/m1/s1. The quantitative estimate of drug-likeness (QED) is 0.827. The van der Waals surface area contributed by atoms with E-state index in [9.17, 15) is 9.18 Å². The van der Waals surface area contributed by atoms with Gasteiger partial charge in [0.1, 0.15) is 11.9 Å². The van der Waals surface area contributed by atoms with Crippen molar-refractivity contribution in [2.45, 2.75) is 12.2 Å². The fourth-order valence-corrected chi connectivity index (χ4v) is 1.68. The second-order valence-electron chi connectivity index (χ2n) is 3.48. The van der Waals surface area contributed by atoms with Crippen molar-refractivity contribution in [3.63, 3.8) is 0 Å². The fourth-order valence-electron chi connectivity index (χ4n) is 1.68. The fraction of sp³-hybridized carbons (Fsp3) is 0.364. The number of carbonyl (C=O) groups is 1. The van der Waals surface area contributed by atoms with Gasteiger partial charge in [-0.3, -0.25) is 0 Å². The summed E-state index contributed by atoms with van der Waals surface area (Å²) in [5, 5.41) is 8.94. The second-order valence-corrected chi connectivity index (χ2v) is 3.48. The molecule has 0 radical (unpaired) electrons. The zero-order valence-electron chi connectivity index (χ0n) is 8.43. The third-order valence-electron chi connectivity index (χ3n) is 2.37. The lowest BCUT2D eigenvalue weighted by Gasteiger charge is -2.29. The Labute approximate surface area is 91.6 Å². The Kier molecular flexibility index (Phi) is 3.17. The molecule has 0 aromatic heterocycles. The molecule has 1 aromatic carbocycles. The SMILES string of the molecule is O=C(O)[C@H]1OCCO[C@@H]1c1cccc(F)c1. The van der Waals surface area contributed by atoms with Crippen molar-refractivity contribution >= 4 is 5.97 Å². The van der Waals surface area contributed by atoms with E-state index in [-0.39, 0.29) is 6.61 Å². The molecule has 0 spiro atoms. The Balaban J connectivity index is 2.26. The van der Waals surface area contributed by atoms with E-state index in [1.165, 1.54) is 18.2 Å². The Hall–Kier alpha value is -1.46. The Morgan fingerprint density at radius 3 is 2.81 bits per heavy atom. The minimum atomic E-state index is -1.10. The van der Waals surface area contributed by atoms with Crippen LogP contribution in [0.15, 0.2) is 24.3 Å². The van der Waals surface area contributed by atoms with Gasteiger partial charge < -0.3 is 14.6 Å². The Morgan fingerprint density at radius 1 is 1.38 bits per heavy atom. The average molecular weight is 226 g/mol. The molecule has 0 aliphatic carbocycles. The molecule has 0 bridgehead atoms. The summed E-state index contributed by atoms with van der Waals surface area (Å²) >= 11 is 0. The van der Waals surface area contributed by atoms with Crippen molar-refractivity contribution in [1.29, 1.82) is 0 Å². The van der Waals surface area contributed by atoms with Gasteiger partial charge in [0.25, 0.3) is 0 Å². The van der Waals surface area contributed by atoms with Crippen molar-refractivity contribution in [1.82, 2.24) is 0 Å². The van der Waals surface area contributed by atoms with E-state index in [1.807, 2.05) is 0 Å². The number of benzene rings is 1. The van der Waals surface area contributed by atoms with Gasteiger partial charge in [-0.25, -0.2) is 9.18 Å². The van der Waals surface area contributed by atoms with Gasteiger partial charge in [-0.15, -0.1) is 0 Å². The highest BCUT2D eigenvalue weighted by atomic mass is 19.1. The number of hydrogen-bond acceptors (Lipinski definition) is 3. The summed E-state index contributed by atoms with van der Waals surface area (Å²) in [6.07, 6.45) is -1.82. The average Bonchev–Trinajstić information content (AvgIpc) is 2.29. The molecule has 2 atom stereocenters. The summed E-state index contributed by atoms with van der Waals surface area (Å²) in [5.41, 5.74) is 0.479. The predicted molar refractivity (Wildman–Crippen MR) is 52.5 cm³/mol. The van der Waals surface area contributed by atoms with Gasteiger partial charge in [-0.05, 0) is 17.7 Å². The van der Waals surface area contributed by atoms with Crippen LogP contribution < -0.4 is 0 Å². The minimum Gasteiger partial charge on any atom is -0.479 e. The number of ether oxygens (including phenoxy) is 2.